The topological polar surface area (TPSA) is 85.4 Å². The second-order valence-corrected chi connectivity index (χ2v) is 9.34. The highest BCUT2D eigenvalue weighted by atomic mass is 32.2. The summed E-state index contributed by atoms with van der Waals surface area (Å²) in [7, 11) is 0. The first kappa shape index (κ1) is 22.6. The Balaban J connectivity index is 1.44. The van der Waals surface area contributed by atoms with Gasteiger partial charge in [0.15, 0.2) is 0 Å². The largest absolute Gasteiger partial charge is 0.342 e. The van der Waals surface area contributed by atoms with Gasteiger partial charge in [-0.2, -0.15) is 0 Å². The summed E-state index contributed by atoms with van der Waals surface area (Å²) in [5.41, 5.74) is 4.75. The van der Waals surface area contributed by atoms with E-state index in [1.807, 2.05) is 66.2 Å². The normalized spacial score (nSPS) is 14.9. The highest BCUT2D eigenvalue weighted by molar-refractivity contribution is 8.18. The molecule has 1 aromatic heterocycles. The van der Waals surface area contributed by atoms with E-state index in [-0.39, 0.29) is 23.4 Å². The molecule has 2 heterocycles. The first-order valence-corrected chi connectivity index (χ1v) is 11.8. The lowest BCUT2D eigenvalue weighted by Gasteiger charge is -2.14. The van der Waals surface area contributed by atoms with Crippen LogP contribution < -0.4 is 0 Å². The number of fused-ring (bicyclic) bond motifs is 1. The fraction of sp³-hybridized carbons (Fsp3) is 0.111. The standard InChI is InChI=1S/C27H21N3O4S/c1-18-6-2-3-7-20(18)17-29-26(31)25(35-27(29)32)14-21-16-28(24-9-5-4-8-23(21)24)15-19-10-12-22(13-11-19)30(33)34/h2-14,16H,15,17H2,1H3/b25-14-. The molecule has 5 rings (SSSR count). The first-order valence-electron chi connectivity index (χ1n) is 11.0. The van der Waals surface area contributed by atoms with E-state index in [2.05, 4.69) is 0 Å². The summed E-state index contributed by atoms with van der Waals surface area (Å²) in [5, 5.41) is 11.6. The van der Waals surface area contributed by atoms with E-state index in [0.717, 1.165) is 44.9 Å². The molecule has 3 aromatic carbocycles. The Morgan fingerprint density at radius 1 is 0.943 bits per heavy atom. The molecule has 0 radical (unpaired) electrons. The van der Waals surface area contributed by atoms with Gasteiger partial charge in [0.05, 0.1) is 16.4 Å². The highest BCUT2D eigenvalue weighted by Gasteiger charge is 2.35. The van der Waals surface area contributed by atoms with Gasteiger partial charge in [0.1, 0.15) is 0 Å². The van der Waals surface area contributed by atoms with Gasteiger partial charge in [-0.05, 0) is 47.5 Å². The molecule has 1 aliphatic heterocycles. The molecule has 35 heavy (non-hydrogen) atoms. The quantitative estimate of drug-likeness (QED) is 0.187. The molecule has 0 N–H and O–H groups in total. The summed E-state index contributed by atoms with van der Waals surface area (Å²) in [6.45, 7) is 2.72. The van der Waals surface area contributed by atoms with Gasteiger partial charge in [0.2, 0.25) is 0 Å². The second kappa shape index (κ2) is 9.23. The molecule has 1 fully saturated rings. The van der Waals surface area contributed by atoms with E-state index >= 15 is 0 Å². The number of amides is 2. The van der Waals surface area contributed by atoms with Crippen LogP contribution in [-0.2, 0) is 17.9 Å². The number of hydrogen-bond donors (Lipinski definition) is 0. The van der Waals surface area contributed by atoms with E-state index < -0.39 is 4.92 Å². The predicted molar refractivity (Wildman–Crippen MR) is 137 cm³/mol. The first-order chi connectivity index (χ1) is 16.9. The molecule has 0 saturated carbocycles. The number of aryl methyl sites for hydroxylation is 1. The van der Waals surface area contributed by atoms with Crippen LogP contribution in [0.15, 0.2) is 83.9 Å². The van der Waals surface area contributed by atoms with Crippen molar-refractivity contribution in [1.29, 1.82) is 0 Å². The van der Waals surface area contributed by atoms with Crippen molar-refractivity contribution < 1.29 is 14.5 Å². The molecule has 2 amide bonds. The van der Waals surface area contributed by atoms with Crippen LogP contribution in [-0.4, -0.2) is 25.5 Å². The molecule has 0 atom stereocenters. The van der Waals surface area contributed by atoms with Crippen molar-refractivity contribution in [3.63, 3.8) is 0 Å². The highest BCUT2D eigenvalue weighted by Crippen LogP contribution is 2.35. The summed E-state index contributed by atoms with van der Waals surface area (Å²) in [4.78, 5) is 38.0. The average molecular weight is 484 g/mol. The van der Waals surface area contributed by atoms with Crippen LogP contribution in [0.25, 0.3) is 17.0 Å². The van der Waals surface area contributed by atoms with Gasteiger partial charge in [-0.25, -0.2) is 0 Å². The Morgan fingerprint density at radius 3 is 2.40 bits per heavy atom. The van der Waals surface area contributed by atoms with E-state index in [4.69, 9.17) is 0 Å². The van der Waals surface area contributed by atoms with Crippen LogP contribution >= 0.6 is 11.8 Å². The zero-order chi connectivity index (χ0) is 24.5. The lowest BCUT2D eigenvalue weighted by Crippen LogP contribution is -2.27. The van der Waals surface area contributed by atoms with Crippen molar-refractivity contribution >= 4 is 45.6 Å². The summed E-state index contributed by atoms with van der Waals surface area (Å²) in [5.74, 6) is -0.296. The van der Waals surface area contributed by atoms with Gasteiger partial charge < -0.3 is 4.57 Å². The van der Waals surface area contributed by atoms with Gasteiger partial charge in [-0.1, -0.05) is 54.6 Å². The number of non-ortho nitro benzene ring substituents is 1. The lowest BCUT2D eigenvalue weighted by atomic mass is 10.1. The van der Waals surface area contributed by atoms with Crippen molar-refractivity contribution in [2.45, 2.75) is 20.0 Å². The molecule has 8 heteroatoms. The zero-order valence-corrected chi connectivity index (χ0v) is 19.7. The van der Waals surface area contributed by atoms with Crippen molar-refractivity contribution in [3.05, 3.63) is 116 Å². The van der Waals surface area contributed by atoms with E-state index in [1.165, 1.54) is 17.0 Å². The molecule has 0 spiro atoms. The number of hydrogen-bond acceptors (Lipinski definition) is 5. The third-order valence-corrected chi connectivity index (χ3v) is 6.98. The van der Waals surface area contributed by atoms with Crippen molar-refractivity contribution in [3.8, 4) is 0 Å². The third-order valence-electron chi connectivity index (χ3n) is 6.07. The fourth-order valence-electron chi connectivity index (χ4n) is 4.18. The van der Waals surface area contributed by atoms with Crippen LogP contribution in [0.5, 0.6) is 0 Å². The lowest BCUT2D eigenvalue weighted by molar-refractivity contribution is -0.384. The van der Waals surface area contributed by atoms with E-state index in [9.17, 15) is 19.7 Å². The molecule has 0 bridgehead atoms. The smallest absolute Gasteiger partial charge is 0.293 e. The number of carbonyl (C=O) groups is 2. The maximum atomic E-state index is 13.1. The van der Waals surface area contributed by atoms with Crippen LogP contribution in [0.2, 0.25) is 0 Å². The van der Waals surface area contributed by atoms with Crippen molar-refractivity contribution in [2.75, 3.05) is 0 Å². The Kier molecular flexibility index (Phi) is 5.96. The van der Waals surface area contributed by atoms with Crippen molar-refractivity contribution in [2.24, 2.45) is 0 Å². The molecule has 0 unspecified atom stereocenters. The Bertz CT molecular complexity index is 1500. The number of aromatic nitrogens is 1. The molecule has 4 aromatic rings. The van der Waals surface area contributed by atoms with E-state index in [1.54, 1.807) is 18.2 Å². The Labute approximate surface area is 205 Å². The SMILES string of the molecule is Cc1ccccc1CN1C(=O)S/C(=C\c2cn(Cc3ccc([N+](=O)[O-])cc3)c3ccccc23)C1=O. The maximum Gasteiger partial charge on any atom is 0.293 e. The minimum atomic E-state index is -0.418. The van der Waals surface area contributed by atoms with Crippen LogP contribution in [0.4, 0.5) is 10.5 Å². The second-order valence-electron chi connectivity index (χ2n) is 8.35. The van der Waals surface area contributed by atoms with Gasteiger partial charge in [-0.3, -0.25) is 24.6 Å². The molecule has 0 aliphatic carbocycles. The van der Waals surface area contributed by atoms with Crippen LogP contribution in [0, 0.1) is 17.0 Å². The van der Waals surface area contributed by atoms with Gasteiger partial charge in [-0.15, -0.1) is 0 Å². The van der Waals surface area contributed by atoms with E-state index in [0.29, 0.717) is 11.4 Å². The molecule has 1 aliphatic rings. The predicted octanol–water partition coefficient (Wildman–Crippen LogP) is 6.14. The number of para-hydroxylation sites is 1. The van der Waals surface area contributed by atoms with Crippen LogP contribution in [0.3, 0.4) is 0 Å². The fourth-order valence-corrected chi connectivity index (χ4v) is 5.01. The molecule has 174 valence electrons. The Hall–Kier alpha value is -4.17. The number of thioether (sulfide) groups is 1. The third kappa shape index (κ3) is 4.48. The number of nitro groups is 1. The number of nitrogens with zero attached hydrogens (tertiary/aromatic N) is 3. The number of benzene rings is 3. The summed E-state index contributed by atoms with van der Waals surface area (Å²) >= 11 is 0.953. The maximum absolute atomic E-state index is 13.1. The van der Waals surface area contributed by atoms with Crippen molar-refractivity contribution in [1.82, 2.24) is 9.47 Å². The number of rotatable bonds is 6. The van der Waals surface area contributed by atoms with Crippen LogP contribution in [0.1, 0.15) is 22.3 Å². The minimum Gasteiger partial charge on any atom is -0.342 e. The minimum absolute atomic E-state index is 0.0493. The summed E-state index contributed by atoms with van der Waals surface area (Å²) in [6, 6.07) is 22.0. The summed E-state index contributed by atoms with van der Waals surface area (Å²) < 4.78 is 2.04. The van der Waals surface area contributed by atoms with Gasteiger partial charge in [0.25, 0.3) is 16.8 Å². The zero-order valence-electron chi connectivity index (χ0n) is 18.9. The van der Waals surface area contributed by atoms with Gasteiger partial charge >= 0.3 is 0 Å². The molecular weight excluding hydrogens is 462 g/mol. The van der Waals surface area contributed by atoms with Gasteiger partial charge in [0, 0.05) is 41.3 Å². The molecule has 1 saturated heterocycles. The number of imide groups is 1. The Morgan fingerprint density at radius 2 is 1.66 bits per heavy atom. The molecule has 7 nitrogen and oxygen atoms in total. The summed E-state index contributed by atoms with van der Waals surface area (Å²) in [6.07, 6.45) is 3.72. The average Bonchev–Trinajstić information content (AvgIpc) is 3.32. The number of carbonyl (C=O) groups excluding carboxylic acids is 2. The molecular formula is C27H21N3O4S. The number of nitro benzene ring substituents is 1. The monoisotopic (exact) mass is 483 g/mol.